The molecule has 3 rings (SSSR count). The second-order valence-corrected chi connectivity index (χ2v) is 8.61. The third-order valence-corrected chi connectivity index (χ3v) is 5.94. The Morgan fingerprint density at radius 2 is 1.79 bits per heavy atom. The van der Waals surface area contributed by atoms with Crippen LogP contribution in [0.4, 0.5) is 13.2 Å². The molecule has 0 unspecified atom stereocenters. The molecule has 0 spiro atoms. The number of sulfonamides is 1. The predicted molar refractivity (Wildman–Crippen MR) is 111 cm³/mol. The number of halogens is 3. The summed E-state index contributed by atoms with van der Waals surface area (Å²) in [7, 11) is -4.03. The second-order valence-electron chi connectivity index (χ2n) is 6.84. The number of rotatable bonds is 10. The van der Waals surface area contributed by atoms with Gasteiger partial charge in [0.15, 0.2) is 0 Å². The zero-order valence-electron chi connectivity index (χ0n) is 17.1. The van der Waals surface area contributed by atoms with E-state index >= 15 is 0 Å². The fourth-order valence-corrected chi connectivity index (χ4v) is 4.03. The number of benzene rings is 2. The first kappa shape index (κ1) is 24.3. The number of ether oxygens (including phenoxy) is 2. The third kappa shape index (κ3) is 6.83. The number of carbonyl (C=O) groups excluding carboxylic acids is 1. The monoisotopic (exact) mass is 487 g/mol. The molecule has 1 aromatic heterocycles. The maximum absolute atomic E-state index is 12.2. The molecule has 1 heterocycles. The predicted octanol–water partition coefficient (Wildman–Crippen LogP) is 2.53. The number of hydrogen-bond acceptors (Lipinski definition) is 6. The van der Waals surface area contributed by atoms with Gasteiger partial charge in [-0.05, 0) is 42.8 Å². The van der Waals surface area contributed by atoms with Crippen molar-refractivity contribution in [1.82, 2.24) is 14.3 Å². The summed E-state index contributed by atoms with van der Waals surface area (Å²) in [4.78, 5) is 26.2. The third-order valence-electron chi connectivity index (χ3n) is 4.46. The zero-order chi connectivity index (χ0) is 24.1. The molecule has 0 aliphatic rings. The lowest BCUT2D eigenvalue weighted by Crippen LogP contribution is -2.27. The summed E-state index contributed by atoms with van der Waals surface area (Å²) < 4.78 is 73.3. The molecule has 0 bridgehead atoms. The van der Waals surface area contributed by atoms with Crippen molar-refractivity contribution in [3.8, 4) is 5.75 Å². The van der Waals surface area contributed by atoms with Crippen LogP contribution in [0.5, 0.6) is 5.75 Å². The molecule has 3 aromatic rings. The molecule has 0 saturated heterocycles. The molecule has 2 N–H and O–H groups in total. The lowest BCUT2D eigenvalue weighted by atomic mass is 10.3. The molecule has 0 amide bonds. The molecule has 0 atom stereocenters. The van der Waals surface area contributed by atoms with E-state index in [0.717, 1.165) is 29.8 Å². The number of H-pyrrole nitrogens is 1. The van der Waals surface area contributed by atoms with Crippen LogP contribution in [-0.4, -0.2) is 43.5 Å². The Morgan fingerprint density at radius 3 is 2.48 bits per heavy atom. The number of aryl methyl sites for hydroxylation is 1. The highest BCUT2D eigenvalue weighted by molar-refractivity contribution is 7.89. The van der Waals surface area contributed by atoms with Crippen molar-refractivity contribution >= 4 is 27.0 Å². The minimum atomic E-state index is -4.88. The summed E-state index contributed by atoms with van der Waals surface area (Å²) in [5.41, 5.74) is 1.17. The van der Waals surface area contributed by atoms with E-state index in [9.17, 15) is 31.2 Å². The number of aromatic amines is 1. The van der Waals surface area contributed by atoms with Gasteiger partial charge in [-0.15, -0.1) is 13.2 Å². The summed E-state index contributed by atoms with van der Waals surface area (Å²) in [5.74, 6) is -1.20. The van der Waals surface area contributed by atoms with Gasteiger partial charge in [-0.25, -0.2) is 17.9 Å². The summed E-state index contributed by atoms with van der Waals surface area (Å²) in [6.07, 6.45) is -4.75. The minimum absolute atomic E-state index is 0.0399. The Bertz CT molecular complexity index is 1270. The Morgan fingerprint density at radius 1 is 1.09 bits per heavy atom. The van der Waals surface area contributed by atoms with Gasteiger partial charge < -0.3 is 14.5 Å². The van der Waals surface area contributed by atoms with Gasteiger partial charge in [-0.1, -0.05) is 12.1 Å². The quantitative estimate of drug-likeness (QED) is 0.335. The summed E-state index contributed by atoms with van der Waals surface area (Å²) in [5, 5.41) is 0. The van der Waals surface area contributed by atoms with Crippen LogP contribution in [0.25, 0.3) is 11.0 Å². The topological polar surface area (TPSA) is 119 Å². The van der Waals surface area contributed by atoms with E-state index in [0.29, 0.717) is 18.5 Å². The maximum atomic E-state index is 12.2. The Kier molecular flexibility index (Phi) is 7.43. The molecule has 0 aliphatic carbocycles. The van der Waals surface area contributed by atoms with E-state index in [1.54, 1.807) is 24.3 Å². The Balaban J connectivity index is 1.40. The summed E-state index contributed by atoms with van der Waals surface area (Å²) in [6.45, 7) is 0.110. The first-order valence-corrected chi connectivity index (χ1v) is 11.2. The fraction of sp³-hybridized carbons (Fsp3) is 0.300. The molecule has 33 heavy (non-hydrogen) atoms. The van der Waals surface area contributed by atoms with E-state index < -0.39 is 28.1 Å². The highest BCUT2D eigenvalue weighted by Crippen LogP contribution is 2.23. The number of para-hydroxylation sites is 2. The van der Waals surface area contributed by atoms with Crippen LogP contribution in [0.3, 0.4) is 0 Å². The number of carbonyl (C=O) groups is 1. The number of aromatic nitrogens is 2. The molecule has 0 saturated carbocycles. The molecule has 13 heteroatoms. The first-order valence-electron chi connectivity index (χ1n) is 9.74. The average molecular weight is 487 g/mol. The lowest BCUT2D eigenvalue weighted by molar-refractivity contribution is -0.274. The standard InChI is InChI=1S/C20H20F3N3O6S/c21-20(22,23)32-14-6-8-15(9-7-14)33(29,30)24-11-10-18(27)31-13-3-12-26-17-5-2-1-4-16(17)25-19(26)28/h1-2,4-9,24H,3,10-13H2,(H,25,28). The van der Waals surface area contributed by atoms with Crippen LogP contribution in [0.1, 0.15) is 12.8 Å². The summed E-state index contributed by atoms with van der Waals surface area (Å²) >= 11 is 0. The van der Waals surface area contributed by atoms with E-state index in [-0.39, 0.29) is 30.2 Å². The van der Waals surface area contributed by atoms with Gasteiger partial charge >= 0.3 is 18.0 Å². The zero-order valence-corrected chi connectivity index (χ0v) is 17.9. The molecule has 0 aliphatic heterocycles. The molecular weight excluding hydrogens is 467 g/mol. The molecule has 0 fully saturated rings. The van der Waals surface area contributed by atoms with Gasteiger partial charge in [0, 0.05) is 13.1 Å². The van der Waals surface area contributed by atoms with Crippen LogP contribution < -0.4 is 15.1 Å². The van der Waals surface area contributed by atoms with Crippen LogP contribution in [0.2, 0.25) is 0 Å². The molecule has 0 radical (unpaired) electrons. The van der Waals surface area contributed by atoms with Crippen molar-refractivity contribution in [2.75, 3.05) is 13.2 Å². The molecule has 178 valence electrons. The van der Waals surface area contributed by atoms with Gasteiger partial charge in [-0.2, -0.15) is 0 Å². The number of esters is 1. The van der Waals surface area contributed by atoms with Crippen molar-refractivity contribution in [1.29, 1.82) is 0 Å². The highest BCUT2D eigenvalue weighted by atomic mass is 32.2. The van der Waals surface area contributed by atoms with Crippen LogP contribution in [0.15, 0.2) is 58.2 Å². The first-order chi connectivity index (χ1) is 15.5. The fourth-order valence-electron chi connectivity index (χ4n) is 3.00. The normalized spacial score (nSPS) is 12.1. The average Bonchev–Trinajstić information content (AvgIpc) is 3.05. The van der Waals surface area contributed by atoms with E-state index in [1.165, 1.54) is 4.57 Å². The number of nitrogens with zero attached hydrogens (tertiary/aromatic N) is 1. The number of fused-ring (bicyclic) bond motifs is 1. The van der Waals surface area contributed by atoms with Gasteiger partial charge in [0.2, 0.25) is 10.0 Å². The second kappa shape index (κ2) is 10.1. The van der Waals surface area contributed by atoms with E-state index in [2.05, 4.69) is 14.4 Å². The Hall–Kier alpha value is -3.32. The van der Waals surface area contributed by atoms with Gasteiger partial charge in [0.25, 0.3) is 0 Å². The number of hydrogen-bond donors (Lipinski definition) is 2. The number of imidazole rings is 1. The molecule has 2 aromatic carbocycles. The number of alkyl halides is 3. The Labute approximate surface area is 186 Å². The van der Waals surface area contributed by atoms with Crippen LogP contribution >= 0.6 is 0 Å². The molecular formula is C20H20F3N3O6S. The lowest BCUT2D eigenvalue weighted by Gasteiger charge is -2.10. The maximum Gasteiger partial charge on any atom is 0.573 e. The highest BCUT2D eigenvalue weighted by Gasteiger charge is 2.31. The number of nitrogens with one attached hydrogen (secondary N) is 2. The summed E-state index contributed by atoms with van der Waals surface area (Å²) in [6, 6.07) is 10.8. The van der Waals surface area contributed by atoms with Crippen molar-refractivity contribution in [3.63, 3.8) is 0 Å². The minimum Gasteiger partial charge on any atom is -0.466 e. The molecule has 9 nitrogen and oxygen atoms in total. The van der Waals surface area contributed by atoms with Gasteiger partial charge in [0.1, 0.15) is 5.75 Å². The van der Waals surface area contributed by atoms with Gasteiger partial charge in [-0.3, -0.25) is 9.36 Å². The smallest absolute Gasteiger partial charge is 0.466 e. The van der Waals surface area contributed by atoms with E-state index in [1.807, 2.05) is 0 Å². The van der Waals surface area contributed by atoms with Crippen molar-refractivity contribution in [2.45, 2.75) is 30.6 Å². The van der Waals surface area contributed by atoms with Crippen molar-refractivity contribution in [3.05, 3.63) is 59.0 Å². The van der Waals surface area contributed by atoms with Crippen LogP contribution in [-0.2, 0) is 26.1 Å². The SMILES string of the molecule is O=C(CCNS(=O)(=O)c1ccc(OC(F)(F)F)cc1)OCCCn1c(=O)[nH]c2ccccc21. The van der Waals surface area contributed by atoms with Gasteiger partial charge in [0.05, 0.1) is 29.0 Å². The largest absolute Gasteiger partial charge is 0.573 e. The van der Waals surface area contributed by atoms with Crippen molar-refractivity contribution < 1.29 is 35.9 Å². The van der Waals surface area contributed by atoms with Crippen molar-refractivity contribution in [2.24, 2.45) is 0 Å². The van der Waals surface area contributed by atoms with E-state index in [4.69, 9.17) is 4.74 Å². The van der Waals surface area contributed by atoms with Crippen LogP contribution in [0, 0.1) is 0 Å².